The first-order chi connectivity index (χ1) is 24.1. The number of aliphatic hydroxyl groups is 1. The molecule has 0 saturated carbocycles. The second-order valence-electron chi connectivity index (χ2n) is 15.7. The van der Waals surface area contributed by atoms with Gasteiger partial charge in [0.05, 0.1) is 12.6 Å². The molecule has 292 valence electrons. The smallest absolute Gasteiger partial charge is 0.220 e. The van der Waals surface area contributed by atoms with Crippen LogP contribution in [0.4, 0.5) is 0 Å². The van der Waals surface area contributed by atoms with Gasteiger partial charge in [0.1, 0.15) is 5.78 Å². The molecule has 0 rings (SSSR count). The molecule has 0 aliphatic heterocycles. The summed E-state index contributed by atoms with van der Waals surface area (Å²) in [5.74, 6) is 0.612. The van der Waals surface area contributed by atoms with E-state index in [1.54, 1.807) is 0 Å². The minimum absolute atomic E-state index is 0.0588. The van der Waals surface area contributed by atoms with E-state index in [1.165, 1.54) is 193 Å². The summed E-state index contributed by atoms with van der Waals surface area (Å²) in [6.45, 7) is 4.61. The van der Waals surface area contributed by atoms with Crippen LogP contribution >= 0.6 is 0 Å². The van der Waals surface area contributed by atoms with Crippen LogP contribution in [0.25, 0.3) is 0 Å². The van der Waals surface area contributed by atoms with E-state index >= 15 is 0 Å². The van der Waals surface area contributed by atoms with Crippen LogP contribution in [0.3, 0.4) is 0 Å². The Bertz CT molecular complexity index is 666. The third kappa shape index (κ3) is 39.7. The molecule has 0 aromatic rings. The van der Waals surface area contributed by atoms with E-state index in [0.717, 1.165) is 51.4 Å². The molecule has 0 radical (unpaired) electrons. The standard InChI is InChI=1S/C45H89NO3/c1-3-5-7-9-11-13-14-15-16-19-23-26-30-34-38-43(42-47)46-45(49)41-37-33-29-25-21-18-17-20-24-28-32-36-40-44(48)39-35-31-27-22-12-10-8-6-4-2/h43,47H,3-42H2,1-2H3,(H,46,49)/t43-/m0/s1. The molecule has 4 heteroatoms. The lowest BCUT2D eigenvalue weighted by molar-refractivity contribution is -0.122. The maximum absolute atomic E-state index is 12.4. The van der Waals surface area contributed by atoms with Crippen LogP contribution in [-0.4, -0.2) is 29.4 Å². The van der Waals surface area contributed by atoms with Gasteiger partial charge in [0.15, 0.2) is 0 Å². The van der Waals surface area contributed by atoms with Crippen molar-refractivity contribution in [2.75, 3.05) is 6.61 Å². The van der Waals surface area contributed by atoms with Gasteiger partial charge in [0, 0.05) is 19.3 Å². The third-order valence-corrected chi connectivity index (χ3v) is 10.7. The minimum atomic E-state index is -0.0679. The summed E-state index contributed by atoms with van der Waals surface area (Å²) in [5.41, 5.74) is 0. The highest BCUT2D eigenvalue weighted by Gasteiger charge is 2.11. The number of carbonyl (C=O) groups excluding carboxylic acids is 2. The number of hydrogen-bond acceptors (Lipinski definition) is 3. The molecule has 49 heavy (non-hydrogen) atoms. The van der Waals surface area contributed by atoms with Gasteiger partial charge >= 0.3 is 0 Å². The van der Waals surface area contributed by atoms with Crippen LogP contribution in [0.15, 0.2) is 0 Å². The Labute approximate surface area is 307 Å². The van der Waals surface area contributed by atoms with Crippen molar-refractivity contribution >= 4 is 11.7 Å². The topological polar surface area (TPSA) is 66.4 Å². The average molecular weight is 692 g/mol. The zero-order valence-electron chi connectivity index (χ0n) is 33.6. The highest BCUT2D eigenvalue weighted by Crippen LogP contribution is 2.16. The van der Waals surface area contributed by atoms with Crippen molar-refractivity contribution in [3.63, 3.8) is 0 Å². The first-order valence-electron chi connectivity index (χ1n) is 22.6. The van der Waals surface area contributed by atoms with Gasteiger partial charge in [-0.15, -0.1) is 0 Å². The fourth-order valence-electron chi connectivity index (χ4n) is 7.23. The Morgan fingerprint density at radius 1 is 0.388 bits per heavy atom. The highest BCUT2D eigenvalue weighted by atomic mass is 16.3. The molecule has 0 saturated heterocycles. The number of ketones is 1. The fraction of sp³-hybridized carbons (Fsp3) is 0.956. The number of aliphatic hydroxyl groups excluding tert-OH is 1. The van der Waals surface area contributed by atoms with Crippen molar-refractivity contribution in [3.8, 4) is 0 Å². The molecule has 0 spiro atoms. The Morgan fingerprint density at radius 2 is 0.653 bits per heavy atom. The molecule has 0 fully saturated rings. The first kappa shape index (κ1) is 48.1. The number of rotatable bonds is 42. The Kier molecular flexibility index (Phi) is 40.8. The van der Waals surface area contributed by atoms with Gasteiger partial charge in [-0.25, -0.2) is 0 Å². The molecule has 0 bridgehead atoms. The van der Waals surface area contributed by atoms with Crippen molar-refractivity contribution in [2.45, 2.75) is 270 Å². The largest absolute Gasteiger partial charge is 0.394 e. The van der Waals surface area contributed by atoms with Crippen LogP contribution in [0.5, 0.6) is 0 Å². The van der Waals surface area contributed by atoms with E-state index in [2.05, 4.69) is 19.2 Å². The minimum Gasteiger partial charge on any atom is -0.394 e. The van der Waals surface area contributed by atoms with Gasteiger partial charge in [-0.2, -0.15) is 0 Å². The van der Waals surface area contributed by atoms with Crippen LogP contribution < -0.4 is 5.32 Å². The number of hydrogen-bond donors (Lipinski definition) is 2. The number of unbranched alkanes of at least 4 members (excludes halogenated alkanes) is 32. The fourth-order valence-corrected chi connectivity index (χ4v) is 7.23. The van der Waals surface area contributed by atoms with Gasteiger partial charge < -0.3 is 10.4 Å². The van der Waals surface area contributed by atoms with Crippen molar-refractivity contribution in [1.29, 1.82) is 0 Å². The summed E-state index contributed by atoms with van der Waals surface area (Å²) in [6, 6.07) is -0.0679. The lowest BCUT2D eigenvalue weighted by Crippen LogP contribution is -2.37. The van der Waals surface area contributed by atoms with E-state index in [1.807, 2.05) is 0 Å². The molecule has 4 nitrogen and oxygen atoms in total. The van der Waals surface area contributed by atoms with E-state index in [0.29, 0.717) is 12.2 Å². The quantitative estimate of drug-likeness (QED) is 0.0626. The molecule has 0 aliphatic carbocycles. The van der Waals surface area contributed by atoms with Gasteiger partial charge in [0.25, 0.3) is 0 Å². The number of Topliss-reactive ketones (excluding diaryl/α,β-unsaturated/α-hetero) is 1. The molecule has 1 atom stereocenters. The van der Waals surface area contributed by atoms with E-state index < -0.39 is 0 Å². The number of amides is 1. The van der Waals surface area contributed by atoms with Crippen molar-refractivity contribution < 1.29 is 14.7 Å². The third-order valence-electron chi connectivity index (χ3n) is 10.7. The summed E-state index contributed by atoms with van der Waals surface area (Å²) in [5, 5.41) is 12.8. The zero-order chi connectivity index (χ0) is 35.7. The summed E-state index contributed by atoms with van der Waals surface area (Å²) in [6.07, 6.45) is 48.7. The zero-order valence-corrected chi connectivity index (χ0v) is 33.6. The van der Waals surface area contributed by atoms with Crippen molar-refractivity contribution in [2.24, 2.45) is 0 Å². The second-order valence-corrected chi connectivity index (χ2v) is 15.7. The van der Waals surface area contributed by atoms with Crippen LogP contribution in [0.2, 0.25) is 0 Å². The molecule has 0 unspecified atom stereocenters. The molecule has 0 aromatic heterocycles. The van der Waals surface area contributed by atoms with Gasteiger partial charge in [-0.3, -0.25) is 9.59 Å². The SMILES string of the molecule is CCCCCCCCCCCCCCCC[C@@H](CO)NC(=O)CCCCCCCCCCCCCCC(=O)CCCCCCCCCCC. The Hall–Kier alpha value is -0.900. The second kappa shape index (κ2) is 41.5. The monoisotopic (exact) mass is 692 g/mol. The van der Waals surface area contributed by atoms with Gasteiger partial charge in [-0.05, 0) is 25.7 Å². The summed E-state index contributed by atoms with van der Waals surface area (Å²) >= 11 is 0. The Balaban J connectivity index is 3.39. The normalized spacial score (nSPS) is 12.1. The maximum atomic E-state index is 12.4. The lowest BCUT2D eigenvalue weighted by Gasteiger charge is -2.16. The summed E-state index contributed by atoms with van der Waals surface area (Å²) in [4.78, 5) is 24.5. The van der Waals surface area contributed by atoms with Crippen molar-refractivity contribution in [3.05, 3.63) is 0 Å². The predicted octanol–water partition coefficient (Wildman–Crippen LogP) is 14.3. The molecule has 0 aliphatic rings. The van der Waals surface area contributed by atoms with Crippen LogP contribution in [0, 0.1) is 0 Å². The molecule has 1 amide bonds. The number of nitrogens with one attached hydrogen (secondary N) is 1. The highest BCUT2D eigenvalue weighted by molar-refractivity contribution is 5.78. The first-order valence-corrected chi connectivity index (χ1v) is 22.6. The van der Waals surface area contributed by atoms with Crippen molar-refractivity contribution in [1.82, 2.24) is 5.32 Å². The molecule has 0 heterocycles. The summed E-state index contributed by atoms with van der Waals surface area (Å²) < 4.78 is 0. The van der Waals surface area contributed by atoms with E-state index in [-0.39, 0.29) is 18.6 Å². The van der Waals surface area contributed by atoms with E-state index in [9.17, 15) is 14.7 Å². The van der Waals surface area contributed by atoms with Gasteiger partial charge in [0.2, 0.25) is 5.91 Å². The molecular weight excluding hydrogens is 602 g/mol. The van der Waals surface area contributed by atoms with Crippen LogP contribution in [-0.2, 0) is 9.59 Å². The molecular formula is C45H89NO3. The lowest BCUT2D eigenvalue weighted by atomic mass is 10.0. The van der Waals surface area contributed by atoms with Gasteiger partial charge in [-0.1, -0.05) is 219 Å². The predicted molar refractivity (Wildman–Crippen MR) is 215 cm³/mol. The average Bonchev–Trinajstić information content (AvgIpc) is 3.10. The Morgan fingerprint density at radius 3 is 0.959 bits per heavy atom. The molecule has 2 N–H and O–H groups in total. The van der Waals surface area contributed by atoms with Crippen LogP contribution in [0.1, 0.15) is 264 Å². The van der Waals surface area contributed by atoms with E-state index in [4.69, 9.17) is 0 Å². The summed E-state index contributed by atoms with van der Waals surface area (Å²) in [7, 11) is 0. The maximum Gasteiger partial charge on any atom is 0.220 e. The molecule has 0 aromatic carbocycles. The number of carbonyl (C=O) groups is 2.